The fraction of sp³-hybridized carbons (Fsp3) is 0. The molecule has 0 bridgehead atoms. The smallest absolute Gasteiger partial charge is 0.340 e. The van der Waals surface area contributed by atoms with E-state index in [4.69, 9.17) is 5.21 Å². The fourth-order valence-electron chi connectivity index (χ4n) is 0.954. The molecule has 13 heavy (non-hydrogen) atoms. The van der Waals surface area contributed by atoms with Gasteiger partial charge in [0.05, 0.1) is 4.70 Å². The molecule has 0 aliphatic carbocycles. The monoisotopic (exact) mass is 239 g/mol. The summed E-state index contributed by atoms with van der Waals surface area (Å²) in [6.07, 6.45) is 0. The molecule has 72 valence electrons. The Labute approximate surface area is 90.4 Å². The average molecular weight is 240 g/mol. The molecule has 1 N–H and O–H groups in total. The highest BCUT2D eigenvalue weighted by Gasteiger charge is 2.02. The summed E-state index contributed by atoms with van der Waals surface area (Å²) in [5.74, 6) is 0. The van der Waals surface area contributed by atoms with Crippen molar-refractivity contribution in [3.8, 4) is 0 Å². The molecule has 6 heteroatoms. The molecule has 0 spiro atoms. The number of benzene rings is 1. The Morgan fingerprint density at radius 3 is 2.46 bits per heavy atom. The van der Waals surface area contributed by atoms with Crippen LogP contribution >= 0.6 is 36.2 Å². The van der Waals surface area contributed by atoms with Gasteiger partial charge in [-0.25, -0.2) is 0 Å². The third-order valence-electron chi connectivity index (χ3n) is 1.46. The van der Waals surface area contributed by atoms with Crippen LogP contribution in [0.25, 0.3) is 10.2 Å². The zero-order valence-electron chi connectivity index (χ0n) is 6.34. The third kappa shape index (κ3) is 1.96. The van der Waals surface area contributed by atoms with Crippen LogP contribution in [0.5, 0.6) is 0 Å². The van der Waals surface area contributed by atoms with Crippen LogP contribution in [-0.4, -0.2) is 9.94 Å². The van der Waals surface area contributed by atoms with Gasteiger partial charge in [-0.2, -0.15) is 0 Å². The highest BCUT2D eigenvalue weighted by molar-refractivity contribution is 7.16. The molecule has 1 aromatic heterocycles. The molecule has 0 unspecified atom stereocenters. The van der Waals surface area contributed by atoms with Crippen LogP contribution in [0.3, 0.4) is 0 Å². The summed E-state index contributed by atoms with van der Waals surface area (Å²) >= 11 is 1.04. The summed E-state index contributed by atoms with van der Waals surface area (Å²) < 4.78 is 1.47. The lowest BCUT2D eigenvalue weighted by Gasteiger charge is -1.88. The zero-order chi connectivity index (χ0) is 7.84. The van der Waals surface area contributed by atoms with Gasteiger partial charge in [0.15, 0.2) is 0 Å². The predicted molar refractivity (Wildman–Crippen MR) is 57.8 cm³/mol. The minimum atomic E-state index is -0.341. The van der Waals surface area contributed by atoms with Crippen molar-refractivity contribution in [3.63, 3.8) is 0 Å². The molecule has 2 rings (SSSR count). The maximum atomic E-state index is 10.9. The highest BCUT2D eigenvalue weighted by Crippen LogP contribution is 2.14. The summed E-state index contributed by atoms with van der Waals surface area (Å²) in [5, 5.41) is 9.11. The van der Waals surface area contributed by atoms with Crippen molar-refractivity contribution in [2.24, 2.45) is 0 Å². The van der Waals surface area contributed by atoms with Gasteiger partial charge >= 0.3 is 4.87 Å². The molecule has 0 radical (unpaired) electrons. The second-order valence-corrected chi connectivity index (χ2v) is 3.14. The number of para-hydroxylation sites is 1. The molecule has 0 saturated carbocycles. The van der Waals surface area contributed by atoms with Crippen molar-refractivity contribution in [2.45, 2.75) is 0 Å². The first-order valence-electron chi connectivity index (χ1n) is 3.09. The van der Waals surface area contributed by atoms with Crippen LogP contribution in [0, 0.1) is 0 Å². The van der Waals surface area contributed by atoms with Gasteiger partial charge in [-0.3, -0.25) is 4.79 Å². The van der Waals surface area contributed by atoms with Crippen molar-refractivity contribution in [1.29, 1.82) is 0 Å². The number of hydrogen-bond donors (Lipinski definition) is 1. The maximum absolute atomic E-state index is 10.9. The van der Waals surface area contributed by atoms with Crippen LogP contribution < -0.4 is 4.87 Å². The van der Waals surface area contributed by atoms with Gasteiger partial charge in [0.1, 0.15) is 5.52 Å². The van der Waals surface area contributed by atoms with Crippen LogP contribution in [0.1, 0.15) is 0 Å². The molecule has 0 fully saturated rings. The van der Waals surface area contributed by atoms with E-state index in [2.05, 4.69) is 0 Å². The van der Waals surface area contributed by atoms with Gasteiger partial charge < -0.3 is 5.21 Å². The number of fused-ring (bicyclic) bond motifs is 1. The largest absolute Gasteiger partial charge is 0.424 e. The van der Waals surface area contributed by atoms with Gasteiger partial charge in [-0.1, -0.05) is 23.5 Å². The number of nitrogens with zero attached hydrogens (tertiary/aromatic N) is 1. The van der Waals surface area contributed by atoms with E-state index in [0.717, 1.165) is 16.0 Å². The maximum Gasteiger partial charge on any atom is 0.340 e. The van der Waals surface area contributed by atoms with Crippen LogP contribution in [-0.2, 0) is 0 Å². The van der Waals surface area contributed by atoms with Crippen molar-refractivity contribution in [2.75, 3.05) is 0 Å². The second kappa shape index (κ2) is 4.50. The standard InChI is InChI=1S/C7H5NO2S.2ClH/c9-7-8(10)5-3-1-2-4-6(5)11-7;;/h1-4,10H;2*1H. The van der Waals surface area contributed by atoms with Crippen molar-refractivity contribution in [1.82, 2.24) is 4.73 Å². The lowest BCUT2D eigenvalue weighted by molar-refractivity contribution is 0.193. The Kier molecular flexibility index (Phi) is 4.26. The van der Waals surface area contributed by atoms with E-state index in [1.165, 1.54) is 0 Å². The van der Waals surface area contributed by atoms with E-state index in [1.807, 2.05) is 6.07 Å². The Morgan fingerprint density at radius 1 is 1.23 bits per heavy atom. The minimum absolute atomic E-state index is 0. The molecular weight excluding hydrogens is 233 g/mol. The van der Waals surface area contributed by atoms with E-state index in [-0.39, 0.29) is 29.7 Å². The SMILES string of the molecule is Cl.Cl.O=c1sc2ccccc2n1O. The Balaban J connectivity index is 0.000000720. The number of thiazole rings is 1. The van der Waals surface area contributed by atoms with E-state index in [1.54, 1.807) is 18.2 Å². The molecular formula is C7H7Cl2NO2S. The Hall–Kier alpha value is -0.710. The minimum Gasteiger partial charge on any atom is -0.424 e. The first-order chi connectivity index (χ1) is 5.29. The summed E-state index contributed by atoms with van der Waals surface area (Å²) in [7, 11) is 0. The van der Waals surface area contributed by atoms with Crippen LogP contribution in [0.15, 0.2) is 29.1 Å². The highest BCUT2D eigenvalue weighted by atomic mass is 35.5. The van der Waals surface area contributed by atoms with E-state index < -0.39 is 0 Å². The molecule has 0 aliphatic heterocycles. The lowest BCUT2D eigenvalue weighted by Crippen LogP contribution is -2.07. The second-order valence-electron chi connectivity index (χ2n) is 2.15. The molecule has 0 aliphatic rings. The van der Waals surface area contributed by atoms with Gasteiger partial charge in [0, 0.05) is 0 Å². The molecule has 1 heterocycles. The molecule has 0 saturated heterocycles. The lowest BCUT2D eigenvalue weighted by atomic mass is 10.3. The van der Waals surface area contributed by atoms with Gasteiger partial charge in [0.2, 0.25) is 0 Å². The zero-order valence-corrected chi connectivity index (χ0v) is 8.79. The summed E-state index contributed by atoms with van der Waals surface area (Å²) in [4.78, 5) is 10.5. The first-order valence-corrected chi connectivity index (χ1v) is 3.90. The Morgan fingerprint density at radius 2 is 1.85 bits per heavy atom. The molecule has 0 atom stereocenters. The number of hydrogen-bond acceptors (Lipinski definition) is 3. The summed E-state index contributed by atoms with van der Waals surface area (Å²) in [6, 6.07) is 7.11. The quantitative estimate of drug-likeness (QED) is 0.717. The normalized spacial score (nSPS) is 8.92. The van der Waals surface area contributed by atoms with E-state index in [0.29, 0.717) is 10.2 Å². The van der Waals surface area contributed by atoms with Gasteiger partial charge in [-0.15, -0.1) is 29.5 Å². The number of aromatic nitrogens is 1. The topological polar surface area (TPSA) is 42.2 Å². The van der Waals surface area contributed by atoms with Crippen LogP contribution in [0.2, 0.25) is 0 Å². The molecule has 2 aromatic rings. The summed E-state index contributed by atoms with van der Waals surface area (Å²) in [6.45, 7) is 0. The average Bonchev–Trinajstić information content (AvgIpc) is 2.30. The number of halogens is 2. The third-order valence-corrected chi connectivity index (χ3v) is 2.38. The molecule has 3 nitrogen and oxygen atoms in total. The Bertz CT molecular complexity index is 451. The van der Waals surface area contributed by atoms with Crippen molar-refractivity contribution in [3.05, 3.63) is 33.9 Å². The van der Waals surface area contributed by atoms with E-state index in [9.17, 15) is 4.79 Å². The first kappa shape index (κ1) is 12.3. The fourth-order valence-corrected chi connectivity index (χ4v) is 1.73. The predicted octanol–water partition coefficient (Wildman–Crippen LogP) is 2.14. The van der Waals surface area contributed by atoms with Gasteiger partial charge in [-0.05, 0) is 12.1 Å². The van der Waals surface area contributed by atoms with Crippen molar-refractivity contribution < 1.29 is 5.21 Å². The van der Waals surface area contributed by atoms with Crippen molar-refractivity contribution >= 4 is 46.4 Å². The van der Waals surface area contributed by atoms with Gasteiger partial charge in [0.25, 0.3) is 0 Å². The van der Waals surface area contributed by atoms with Crippen LogP contribution in [0.4, 0.5) is 0 Å². The molecule has 1 aromatic carbocycles. The number of rotatable bonds is 0. The van der Waals surface area contributed by atoms with E-state index >= 15 is 0 Å². The molecule has 0 amide bonds. The summed E-state index contributed by atoms with van der Waals surface area (Å²) in [5.41, 5.74) is 0.572.